The molecule has 5 nitrogen and oxygen atoms in total. The van der Waals surface area contributed by atoms with Crippen LogP contribution < -0.4 is 4.72 Å². The molecule has 0 unspecified atom stereocenters. The van der Waals surface area contributed by atoms with Gasteiger partial charge in [-0.05, 0) is 36.4 Å². The minimum absolute atomic E-state index is 0.0176. The van der Waals surface area contributed by atoms with Gasteiger partial charge in [0.25, 0.3) is 10.0 Å². The van der Waals surface area contributed by atoms with E-state index < -0.39 is 16.0 Å². The lowest BCUT2D eigenvalue weighted by molar-refractivity contribution is 0.0601. The highest BCUT2D eigenvalue weighted by atomic mass is 35.5. The van der Waals surface area contributed by atoms with Gasteiger partial charge < -0.3 is 4.74 Å². The zero-order valence-electron chi connectivity index (χ0n) is 11.6. The molecule has 0 fully saturated rings. The maximum absolute atomic E-state index is 12.4. The van der Waals surface area contributed by atoms with Gasteiger partial charge in [-0.25, -0.2) is 13.2 Å². The van der Waals surface area contributed by atoms with Gasteiger partial charge in [-0.15, -0.1) is 0 Å². The minimum atomic E-state index is -3.99. The summed E-state index contributed by atoms with van der Waals surface area (Å²) in [5.41, 5.74) is 0.164. The zero-order valence-corrected chi connectivity index (χ0v) is 14.7. The van der Waals surface area contributed by atoms with Crippen LogP contribution in [0, 0.1) is 0 Å². The van der Waals surface area contributed by atoms with Crippen LogP contribution in [-0.2, 0) is 14.8 Å². The molecule has 2 aromatic rings. The zero-order chi connectivity index (χ0) is 17.2. The lowest BCUT2D eigenvalue weighted by Crippen LogP contribution is -2.14. The standard InChI is InChI=1S/C14H10Cl3NO4S/c1-22-14(19)10-7-9(3-5-11(10)16)18-23(20,21)13-6-8(15)2-4-12(13)17/h2-7,18H,1H3. The number of rotatable bonds is 4. The number of hydrogen-bond acceptors (Lipinski definition) is 4. The molecular formula is C14H10Cl3NO4S. The van der Waals surface area contributed by atoms with Crippen molar-refractivity contribution >= 4 is 56.5 Å². The van der Waals surface area contributed by atoms with Crippen LogP contribution >= 0.6 is 34.8 Å². The normalized spacial score (nSPS) is 11.1. The van der Waals surface area contributed by atoms with Crippen molar-refractivity contribution in [3.63, 3.8) is 0 Å². The van der Waals surface area contributed by atoms with Crippen LogP contribution in [0.2, 0.25) is 15.1 Å². The number of esters is 1. The fourth-order valence-electron chi connectivity index (χ4n) is 1.75. The first-order valence-electron chi connectivity index (χ1n) is 6.10. The largest absolute Gasteiger partial charge is 0.465 e. The van der Waals surface area contributed by atoms with E-state index in [0.29, 0.717) is 0 Å². The quantitative estimate of drug-likeness (QED) is 0.788. The molecule has 0 atom stereocenters. The molecule has 1 N–H and O–H groups in total. The first kappa shape index (κ1) is 17.9. The van der Waals surface area contributed by atoms with Crippen molar-refractivity contribution in [3.05, 3.63) is 57.0 Å². The highest BCUT2D eigenvalue weighted by molar-refractivity contribution is 7.92. The summed E-state index contributed by atoms with van der Waals surface area (Å²) < 4.78 is 31.7. The number of halogens is 3. The molecule has 23 heavy (non-hydrogen) atoms. The third-order valence-corrected chi connectivity index (χ3v) is 5.23. The summed E-state index contributed by atoms with van der Waals surface area (Å²) in [4.78, 5) is 11.4. The van der Waals surface area contributed by atoms with E-state index in [0.717, 1.165) is 0 Å². The summed E-state index contributed by atoms with van der Waals surface area (Å²) >= 11 is 17.6. The molecule has 9 heteroatoms. The van der Waals surface area contributed by atoms with Gasteiger partial charge in [-0.2, -0.15) is 0 Å². The number of sulfonamides is 1. The Labute approximate surface area is 148 Å². The Bertz CT molecular complexity index is 868. The molecule has 0 spiro atoms. The summed E-state index contributed by atoms with van der Waals surface area (Å²) in [5, 5.41) is 0.380. The van der Waals surface area contributed by atoms with E-state index in [2.05, 4.69) is 9.46 Å². The van der Waals surface area contributed by atoms with Gasteiger partial charge in [0, 0.05) is 10.7 Å². The second kappa shape index (κ2) is 6.97. The molecule has 0 aromatic heterocycles. The average Bonchev–Trinajstić information content (AvgIpc) is 2.50. The summed E-state index contributed by atoms with van der Waals surface area (Å²) in [6.45, 7) is 0. The first-order chi connectivity index (χ1) is 10.7. The monoisotopic (exact) mass is 393 g/mol. The SMILES string of the molecule is COC(=O)c1cc(NS(=O)(=O)c2cc(Cl)ccc2Cl)ccc1Cl. The highest BCUT2D eigenvalue weighted by Crippen LogP contribution is 2.28. The van der Waals surface area contributed by atoms with Crippen molar-refractivity contribution in [2.24, 2.45) is 0 Å². The molecule has 0 heterocycles. The molecule has 0 saturated carbocycles. The van der Waals surface area contributed by atoms with Gasteiger partial charge in [0.2, 0.25) is 0 Å². The van der Waals surface area contributed by atoms with Crippen LogP contribution in [0.4, 0.5) is 5.69 Å². The van der Waals surface area contributed by atoms with Gasteiger partial charge in [0.1, 0.15) is 4.90 Å². The van der Waals surface area contributed by atoms with Gasteiger partial charge in [-0.3, -0.25) is 4.72 Å². The molecular weight excluding hydrogens is 385 g/mol. The lowest BCUT2D eigenvalue weighted by Gasteiger charge is -2.11. The Morgan fingerprint density at radius 3 is 2.35 bits per heavy atom. The van der Waals surface area contributed by atoms with Crippen LogP contribution in [-0.4, -0.2) is 21.5 Å². The van der Waals surface area contributed by atoms with Crippen LogP contribution in [0.1, 0.15) is 10.4 Å². The van der Waals surface area contributed by atoms with Gasteiger partial charge in [0.05, 0.1) is 22.7 Å². The Balaban J connectivity index is 2.42. The number of ether oxygens (including phenoxy) is 1. The predicted molar refractivity (Wildman–Crippen MR) is 90.1 cm³/mol. The maximum Gasteiger partial charge on any atom is 0.339 e. The number of hydrogen-bond donors (Lipinski definition) is 1. The van der Waals surface area contributed by atoms with Crippen LogP contribution in [0.15, 0.2) is 41.3 Å². The summed E-state index contributed by atoms with van der Waals surface area (Å²) in [5.74, 6) is -0.683. The van der Waals surface area contributed by atoms with E-state index >= 15 is 0 Å². The molecule has 2 rings (SSSR count). The number of nitrogens with one attached hydrogen (secondary N) is 1. The number of benzene rings is 2. The summed E-state index contributed by atoms with van der Waals surface area (Å²) in [6, 6.07) is 8.13. The Hall–Kier alpha value is -1.47. The van der Waals surface area contributed by atoms with Crippen molar-refractivity contribution in [3.8, 4) is 0 Å². The molecule has 0 saturated heterocycles. The maximum atomic E-state index is 12.4. The fourth-order valence-corrected chi connectivity index (χ4v) is 3.76. The average molecular weight is 395 g/mol. The summed E-state index contributed by atoms with van der Waals surface area (Å²) in [6.07, 6.45) is 0. The molecule has 122 valence electrons. The van der Waals surface area contributed by atoms with E-state index in [-0.39, 0.29) is 31.2 Å². The smallest absolute Gasteiger partial charge is 0.339 e. The Kier molecular flexibility index (Phi) is 5.41. The topological polar surface area (TPSA) is 72.5 Å². The number of carbonyl (C=O) groups is 1. The van der Waals surface area contributed by atoms with E-state index in [1.54, 1.807) is 0 Å². The van der Waals surface area contributed by atoms with Crippen molar-refractivity contribution in [1.82, 2.24) is 0 Å². The van der Waals surface area contributed by atoms with Gasteiger partial charge in [0.15, 0.2) is 0 Å². The van der Waals surface area contributed by atoms with E-state index in [1.807, 2.05) is 0 Å². The molecule has 0 aliphatic rings. The second-order valence-electron chi connectivity index (χ2n) is 4.37. The van der Waals surface area contributed by atoms with Crippen molar-refractivity contribution in [1.29, 1.82) is 0 Å². The van der Waals surface area contributed by atoms with Gasteiger partial charge in [-0.1, -0.05) is 34.8 Å². The molecule has 0 bridgehead atoms. The van der Waals surface area contributed by atoms with E-state index in [4.69, 9.17) is 34.8 Å². The molecule has 0 aliphatic heterocycles. The molecule has 2 aromatic carbocycles. The highest BCUT2D eigenvalue weighted by Gasteiger charge is 2.20. The Morgan fingerprint density at radius 2 is 1.70 bits per heavy atom. The summed E-state index contributed by atoms with van der Waals surface area (Å²) in [7, 11) is -2.79. The lowest BCUT2D eigenvalue weighted by atomic mass is 10.2. The van der Waals surface area contributed by atoms with Crippen molar-refractivity contribution < 1.29 is 17.9 Å². The first-order valence-corrected chi connectivity index (χ1v) is 8.72. The molecule has 0 radical (unpaired) electrons. The molecule has 0 amide bonds. The van der Waals surface area contributed by atoms with Crippen molar-refractivity contribution in [2.75, 3.05) is 11.8 Å². The van der Waals surface area contributed by atoms with Crippen LogP contribution in [0.5, 0.6) is 0 Å². The van der Waals surface area contributed by atoms with E-state index in [9.17, 15) is 13.2 Å². The third kappa shape index (κ3) is 4.09. The fraction of sp³-hybridized carbons (Fsp3) is 0.0714. The third-order valence-electron chi connectivity index (χ3n) is 2.81. The van der Waals surface area contributed by atoms with Gasteiger partial charge >= 0.3 is 5.97 Å². The molecule has 0 aliphatic carbocycles. The predicted octanol–water partition coefficient (Wildman–Crippen LogP) is 4.23. The number of anilines is 1. The Morgan fingerprint density at radius 1 is 1.04 bits per heavy atom. The second-order valence-corrected chi connectivity index (χ2v) is 7.27. The number of methoxy groups -OCH3 is 1. The van der Waals surface area contributed by atoms with E-state index in [1.165, 1.54) is 43.5 Å². The number of carbonyl (C=O) groups excluding carboxylic acids is 1. The van der Waals surface area contributed by atoms with Crippen molar-refractivity contribution in [2.45, 2.75) is 4.90 Å². The van der Waals surface area contributed by atoms with Crippen LogP contribution in [0.3, 0.4) is 0 Å². The minimum Gasteiger partial charge on any atom is -0.465 e. The van der Waals surface area contributed by atoms with Crippen LogP contribution in [0.25, 0.3) is 0 Å².